The van der Waals surface area contributed by atoms with Gasteiger partial charge >= 0.3 is 12.1 Å². The maximum absolute atomic E-state index is 12.4. The van der Waals surface area contributed by atoms with E-state index in [-0.39, 0.29) is 11.4 Å². The lowest BCUT2D eigenvalue weighted by Gasteiger charge is -2.08. The SMILES string of the molecule is CC(=O)C(=CC=CC(=O)O)c1ccc(C(F)(F)F)cc1. The first-order valence-corrected chi connectivity index (χ1v) is 5.51. The molecule has 0 atom stereocenters. The summed E-state index contributed by atoms with van der Waals surface area (Å²) in [6, 6.07) is 4.08. The summed E-state index contributed by atoms with van der Waals surface area (Å²) >= 11 is 0. The van der Waals surface area contributed by atoms with Gasteiger partial charge in [0.2, 0.25) is 0 Å². The maximum Gasteiger partial charge on any atom is 0.416 e. The van der Waals surface area contributed by atoms with E-state index in [1.165, 1.54) is 25.1 Å². The molecule has 1 rings (SSSR count). The van der Waals surface area contributed by atoms with E-state index < -0.39 is 17.7 Å². The van der Waals surface area contributed by atoms with Crippen molar-refractivity contribution in [2.24, 2.45) is 0 Å². The molecule has 0 saturated carbocycles. The number of carboxylic acids is 1. The molecular formula is C14H11F3O3. The number of Topliss-reactive ketones (excluding diaryl/α,β-unsaturated/α-hetero) is 1. The van der Waals surface area contributed by atoms with Crippen LogP contribution in [-0.4, -0.2) is 16.9 Å². The second-order valence-electron chi connectivity index (χ2n) is 3.91. The number of allylic oxidation sites excluding steroid dienone is 3. The number of carboxylic acid groups (broad SMARTS) is 1. The van der Waals surface area contributed by atoms with Crippen LogP contribution in [0.4, 0.5) is 13.2 Å². The predicted molar refractivity (Wildman–Crippen MR) is 66.9 cm³/mol. The van der Waals surface area contributed by atoms with Crippen LogP contribution in [0.3, 0.4) is 0 Å². The van der Waals surface area contributed by atoms with E-state index in [4.69, 9.17) is 5.11 Å². The quantitative estimate of drug-likeness (QED) is 0.681. The number of hydrogen-bond acceptors (Lipinski definition) is 2. The lowest BCUT2D eigenvalue weighted by Crippen LogP contribution is -2.05. The van der Waals surface area contributed by atoms with Gasteiger partial charge in [-0.15, -0.1) is 0 Å². The molecule has 3 nitrogen and oxygen atoms in total. The molecule has 0 aliphatic carbocycles. The fourth-order valence-corrected chi connectivity index (χ4v) is 1.48. The van der Waals surface area contributed by atoms with Gasteiger partial charge in [0, 0.05) is 11.6 Å². The van der Waals surface area contributed by atoms with Crippen LogP contribution in [0.2, 0.25) is 0 Å². The zero-order valence-electron chi connectivity index (χ0n) is 10.4. The molecule has 1 aromatic carbocycles. The Kier molecular flexibility index (Phi) is 4.85. The highest BCUT2D eigenvalue weighted by molar-refractivity contribution is 6.19. The van der Waals surface area contributed by atoms with Crippen molar-refractivity contribution in [1.29, 1.82) is 0 Å². The van der Waals surface area contributed by atoms with Crippen molar-refractivity contribution in [1.82, 2.24) is 0 Å². The average molecular weight is 284 g/mol. The van der Waals surface area contributed by atoms with E-state index in [2.05, 4.69) is 0 Å². The lowest BCUT2D eigenvalue weighted by atomic mass is 10.0. The van der Waals surface area contributed by atoms with Gasteiger partial charge in [-0.2, -0.15) is 13.2 Å². The molecule has 20 heavy (non-hydrogen) atoms. The molecule has 0 fully saturated rings. The molecule has 1 aromatic rings. The van der Waals surface area contributed by atoms with Crippen LogP contribution in [0.15, 0.2) is 42.5 Å². The molecule has 1 N–H and O–H groups in total. The molecule has 0 heterocycles. The molecule has 0 amide bonds. The van der Waals surface area contributed by atoms with Crippen LogP contribution in [0, 0.1) is 0 Å². The Hall–Kier alpha value is -2.37. The number of carbonyl (C=O) groups is 2. The van der Waals surface area contributed by atoms with Crippen molar-refractivity contribution in [3.8, 4) is 0 Å². The summed E-state index contributed by atoms with van der Waals surface area (Å²) < 4.78 is 37.2. The van der Waals surface area contributed by atoms with Crippen LogP contribution in [-0.2, 0) is 15.8 Å². The maximum atomic E-state index is 12.4. The molecule has 0 bridgehead atoms. The second kappa shape index (κ2) is 6.18. The Labute approximate surface area is 113 Å². The van der Waals surface area contributed by atoms with Crippen molar-refractivity contribution < 1.29 is 27.9 Å². The normalized spacial score (nSPS) is 12.7. The molecule has 0 radical (unpaired) electrons. The standard InChI is InChI=1S/C14H11F3O3/c1-9(18)12(3-2-4-13(19)20)10-5-7-11(8-6-10)14(15,16)17/h2-8H,1H3,(H,19,20). The number of halogens is 3. The molecule has 0 saturated heterocycles. The molecule has 6 heteroatoms. The van der Waals surface area contributed by atoms with Gasteiger partial charge < -0.3 is 5.11 Å². The highest BCUT2D eigenvalue weighted by Crippen LogP contribution is 2.30. The second-order valence-corrected chi connectivity index (χ2v) is 3.91. The van der Waals surface area contributed by atoms with E-state index in [1.807, 2.05) is 0 Å². The van der Waals surface area contributed by atoms with Crippen molar-refractivity contribution in [2.45, 2.75) is 13.1 Å². The van der Waals surface area contributed by atoms with Crippen molar-refractivity contribution in [3.63, 3.8) is 0 Å². The highest BCUT2D eigenvalue weighted by Gasteiger charge is 2.30. The molecule has 0 aliphatic rings. The Morgan fingerprint density at radius 2 is 1.70 bits per heavy atom. The van der Waals surface area contributed by atoms with Crippen LogP contribution < -0.4 is 0 Å². The average Bonchev–Trinajstić information content (AvgIpc) is 2.33. The van der Waals surface area contributed by atoms with Crippen molar-refractivity contribution in [3.05, 3.63) is 53.6 Å². The number of hydrogen-bond donors (Lipinski definition) is 1. The van der Waals surface area contributed by atoms with Gasteiger partial charge in [0.1, 0.15) is 0 Å². The first kappa shape index (κ1) is 15.7. The predicted octanol–water partition coefficient (Wildman–Crippen LogP) is 3.32. The molecule has 106 valence electrons. The number of carbonyl (C=O) groups excluding carboxylic acids is 1. The van der Waals surface area contributed by atoms with Crippen molar-refractivity contribution in [2.75, 3.05) is 0 Å². The minimum absolute atomic E-state index is 0.135. The monoisotopic (exact) mass is 284 g/mol. The zero-order valence-corrected chi connectivity index (χ0v) is 10.4. The summed E-state index contributed by atoms with van der Waals surface area (Å²) in [6.07, 6.45) is -1.22. The third-order valence-electron chi connectivity index (χ3n) is 2.40. The Morgan fingerprint density at radius 3 is 2.10 bits per heavy atom. The topological polar surface area (TPSA) is 54.4 Å². The summed E-state index contributed by atoms with van der Waals surface area (Å²) in [6.45, 7) is 1.25. The smallest absolute Gasteiger partial charge is 0.416 e. The van der Waals surface area contributed by atoms with Gasteiger partial charge in [-0.25, -0.2) is 4.79 Å². The lowest BCUT2D eigenvalue weighted by molar-refractivity contribution is -0.137. The van der Waals surface area contributed by atoms with Gasteiger partial charge in [-0.3, -0.25) is 4.79 Å². The highest BCUT2D eigenvalue weighted by atomic mass is 19.4. The first-order valence-electron chi connectivity index (χ1n) is 5.51. The Bertz CT molecular complexity index is 566. The fraction of sp³-hybridized carbons (Fsp3) is 0.143. The van der Waals surface area contributed by atoms with Gasteiger partial charge in [0.25, 0.3) is 0 Å². The van der Waals surface area contributed by atoms with E-state index in [0.29, 0.717) is 5.56 Å². The van der Waals surface area contributed by atoms with E-state index in [1.54, 1.807) is 0 Å². The van der Waals surface area contributed by atoms with Crippen LogP contribution in [0.5, 0.6) is 0 Å². The largest absolute Gasteiger partial charge is 0.478 e. The number of rotatable bonds is 4. The minimum atomic E-state index is -4.44. The zero-order chi connectivity index (χ0) is 15.3. The van der Waals surface area contributed by atoms with Crippen LogP contribution in [0.25, 0.3) is 5.57 Å². The third kappa shape index (κ3) is 4.38. The summed E-state index contributed by atoms with van der Waals surface area (Å²) in [7, 11) is 0. The molecule has 0 aromatic heterocycles. The summed E-state index contributed by atoms with van der Waals surface area (Å²) in [5.74, 6) is -1.56. The minimum Gasteiger partial charge on any atom is -0.478 e. The van der Waals surface area contributed by atoms with E-state index in [0.717, 1.165) is 24.3 Å². The number of aliphatic carboxylic acids is 1. The van der Waals surface area contributed by atoms with Crippen LogP contribution in [0.1, 0.15) is 18.1 Å². The van der Waals surface area contributed by atoms with E-state index >= 15 is 0 Å². The number of ketones is 1. The number of benzene rings is 1. The Morgan fingerprint density at radius 1 is 1.15 bits per heavy atom. The van der Waals surface area contributed by atoms with E-state index in [9.17, 15) is 22.8 Å². The summed E-state index contributed by atoms with van der Waals surface area (Å²) in [5.41, 5.74) is -0.387. The van der Waals surface area contributed by atoms with Gasteiger partial charge in [-0.1, -0.05) is 24.3 Å². The van der Waals surface area contributed by atoms with Crippen molar-refractivity contribution >= 4 is 17.3 Å². The van der Waals surface area contributed by atoms with Crippen LogP contribution >= 0.6 is 0 Å². The molecule has 0 aliphatic heterocycles. The first-order chi connectivity index (χ1) is 9.21. The van der Waals surface area contributed by atoms with Gasteiger partial charge in [0.05, 0.1) is 5.56 Å². The molecular weight excluding hydrogens is 273 g/mol. The van der Waals surface area contributed by atoms with Gasteiger partial charge in [-0.05, 0) is 24.6 Å². The fourth-order valence-electron chi connectivity index (χ4n) is 1.48. The van der Waals surface area contributed by atoms with Gasteiger partial charge in [0.15, 0.2) is 5.78 Å². The third-order valence-corrected chi connectivity index (χ3v) is 2.40. The summed E-state index contributed by atoms with van der Waals surface area (Å²) in [4.78, 5) is 21.7. The summed E-state index contributed by atoms with van der Waals surface area (Å²) in [5, 5.41) is 8.44. The Balaban J connectivity index is 3.11. The number of alkyl halides is 3. The molecule has 0 spiro atoms. The molecule has 0 unspecified atom stereocenters.